The minimum absolute atomic E-state index is 0.119. The molecule has 0 saturated carbocycles. The molecule has 0 aliphatic carbocycles. The molecule has 0 aliphatic rings. The number of aryl methyl sites for hydroxylation is 1. The minimum atomic E-state index is -4.45. The van der Waals surface area contributed by atoms with Crippen LogP contribution in [0.2, 0.25) is 5.02 Å². The number of rotatable bonds is 2. The first-order valence-corrected chi connectivity index (χ1v) is 6.24. The molecule has 0 aliphatic heterocycles. The van der Waals surface area contributed by atoms with Gasteiger partial charge in [-0.2, -0.15) is 18.4 Å². The number of hydrogen-bond donors (Lipinski definition) is 0. The molecular weight excluding hydrogens is 303 g/mol. The molecule has 2 aromatic carbocycles. The van der Waals surface area contributed by atoms with Crippen molar-refractivity contribution < 1.29 is 17.9 Å². The summed E-state index contributed by atoms with van der Waals surface area (Å²) < 4.78 is 43.0. The van der Waals surface area contributed by atoms with E-state index >= 15 is 0 Å². The van der Waals surface area contributed by atoms with Gasteiger partial charge >= 0.3 is 6.18 Å². The van der Waals surface area contributed by atoms with E-state index in [2.05, 4.69) is 0 Å². The number of halogens is 4. The summed E-state index contributed by atoms with van der Waals surface area (Å²) in [6, 6.07) is 9.64. The molecule has 0 N–H and O–H groups in total. The molecule has 0 spiro atoms. The van der Waals surface area contributed by atoms with E-state index < -0.39 is 11.7 Å². The van der Waals surface area contributed by atoms with Gasteiger partial charge in [-0.1, -0.05) is 11.6 Å². The van der Waals surface area contributed by atoms with Crippen molar-refractivity contribution in [3.8, 4) is 17.6 Å². The zero-order valence-corrected chi connectivity index (χ0v) is 11.6. The van der Waals surface area contributed by atoms with Crippen LogP contribution in [-0.4, -0.2) is 0 Å². The lowest BCUT2D eigenvalue weighted by Crippen LogP contribution is -2.04. The maximum atomic E-state index is 12.5. The third kappa shape index (κ3) is 3.47. The van der Waals surface area contributed by atoms with Gasteiger partial charge in [0, 0.05) is 0 Å². The Labute approximate surface area is 124 Å². The smallest absolute Gasteiger partial charge is 0.416 e. The Morgan fingerprint density at radius 2 is 1.86 bits per heavy atom. The van der Waals surface area contributed by atoms with E-state index in [1.165, 1.54) is 6.07 Å². The molecule has 0 radical (unpaired) electrons. The highest BCUT2D eigenvalue weighted by Crippen LogP contribution is 2.36. The Balaban J connectivity index is 2.28. The van der Waals surface area contributed by atoms with Gasteiger partial charge in [0.05, 0.1) is 22.2 Å². The summed E-state index contributed by atoms with van der Waals surface area (Å²) in [4.78, 5) is 0. The van der Waals surface area contributed by atoms with Crippen molar-refractivity contribution in [1.82, 2.24) is 0 Å². The Morgan fingerprint density at radius 3 is 2.38 bits per heavy atom. The summed E-state index contributed by atoms with van der Waals surface area (Å²) >= 11 is 5.81. The monoisotopic (exact) mass is 311 g/mol. The summed E-state index contributed by atoms with van der Waals surface area (Å²) in [5.41, 5.74) is 0.370. The van der Waals surface area contributed by atoms with Gasteiger partial charge in [0.25, 0.3) is 0 Å². The second kappa shape index (κ2) is 5.66. The summed E-state index contributed by atoms with van der Waals surface area (Å²) in [6.45, 7) is 1.74. The van der Waals surface area contributed by atoms with E-state index in [4.69, 9.17) is 21.6 Å². The van der Waals surface area contributed by atoms with Crippen LogP contribution in [0.15, 0.2) is 36.4 Å². The Kier molecular flexibility index (Phi) is 4.10. The molecule has 2 nitrogen and oxygen atoms in total. The molecule has 0 bridgehead atoms. The molecular formula is C15H9ClF3NO. The van der Waals surface area contributed by atoms with E-state index in [0.29, 0.717) is 16.9 Å². The first kappa shape index (κ1) is 15.2. The van der Waals surface area contributed by atoms with E-state index in [-0.39, 0.29) is 10.8 Å². The second-order valence-electron chi connectivity index (χ2n) is 4.33. The van der Waals surface area contributed by atoms with Crippen molar-refractivity contribution in [2.24, 2.45) is 0 Å². The fourth-order valence-electron chi connectivity index (χ4n) is 1.71. The maximum absolute atomic E-state index is 12.5. The SMILES string of the molecule is Cc1cc(Oc2ccc(C(F)(F)F)cc2Cl)ccc1C#N. The molecule has 0 amide bonds. The Hall–Kier alpha value is -2.19. The molecule has 0 heterocycles. The van der Waals surface area contributed by atoms with Gasteiger partial charge in [0.15, 0.2) is 0 Å². The first-order valence-electron chi connectivity index (χ1n) is 5.86. The van der Waals surface area contributed by atoms with E-state index in [1.807, 2.05) is 6.07 Å². The van der Waals surface area contributed by atoms with Crippen molar-refractivity contribution in [1.29, 1.82) is 5.26 Å². The van der Waals surface area contributed by atoms with Crippen molar-refractivity contribution in [2.45, 2.75) is 13.1 Å². The quantitative estimate of drug-likeness (QED) is 0.751. The third-order valence-electron chi connectivity index (χ3n) is 2.81. The molecule has 0 unspecified atom stereocenters. The van der Waals surface area contributed by atoms with Crippen LogP contribution in [0, 0.1) is 18.3 Å². The maximum Gasteiger partial charge on any atom is 0.416 e. The molecule has 0 fully saturated rings. The normalized spacial score (nSPS) is 11.0. The van der Waals surface area contributed by atoms with Crippen molar-refractivity contribution in [3.63, 3.8) is 0 Å². The average Bonchev–Trinajstić information content (AvgIpc) is 2.40. The topological polar surface area (TPSA) is 33.0 Å². The number of ether oxygens (including phenoxy) is 1. The zero-order chi connectivity index (χ0) is 15.6. The molecule has 0 saturated heterocycles. The largest absolute Gasteiger partial charge is 0.456 e. The number of nitriles is 1. The van der Waals surface area contributed by atoms with E-state index in [0.717, 1.165) is 12.1 Å². The number of nitrogens with zero attached hydrogens (tertiary/aromatic N) is 1. The van der Waals surface area contributed by atoms with Crippen LogP contribution in [0.1, 0.15) is 16.7 Å². The van der Waals surface area contributed by atoms with Crippen molar-refractivity contribution in [2.75, 3.05) is 0 Å². The average molecular weight is 312 g/mol. The van der Waals surface area contributed by atoms with Crippen molar-refractivity contribution in [3.05, 3.63) is 58.1 Å². The van der Waals surface area contributed by atoms with Crippen LogP contribution in [0.5, 0.6) is 11.5 Å². The summed E-state index contributed by atoms with van der Waals surface area (Å²) in [6.07, 6.45) is -4.45. The van der Waals surface area contributed by atoms with Crippen LogP contribution in [-0.2, 0) is 6.18 Å². The lowest BCUT2D eigenvalue weighted by molar-refractivity contribution is -0.137. The molecule has 108 valence electrons. The van der Waals surface area contributed by atoms with Crippen LogP contribution < -0.4 is 4.74 Å². The highest BCUT2D eigenvalue weighted by molar-refractivity contribution is 6.32. The predicted octanol–water partition coefficient (Wildman–Crippen LogP) is 5.33. The van der Waals surface area contributed by atoms with Gasteiger partial charge in [0.2, 0.25) is 0 Å². The lowest BCUT2D eigenvalue weighted by atomic mass is 10.1. The standard InChI is InChI=1S/C15H9ClF3NO/c1-9-6-12(4-2-10(9)8-20)21-14-5-3-11(7-13(14)16)15(17,18)19/h2-7H,1H3. The summed E-state index contributed by atoms with van der Waals surface area (Å²) in [7, 11) is 0. The van der Waals surface area contributed by atoms with Gasteiger partial charge in [-0.25, -0.2) is 0 Å². The van der Waals surface area contributed by atoms with Gasteiger partial charge < -0.3 is 4.74 Å². The van der Waals surface area contributed by atoms with Gasteiger partial charge in [0.1, 0.15) is 11.5 Å². The van der Waals surface area contributed by atoms with Crippen LogP contribution in [0.4, 0.5) is 13.2 Å². The van der Waals surface area contributed by atoms with E-state index in [9.17, 15) is 13.2 Å². The van der Waals surface area contributed by atoms with E-state index in [1.54, 1.807) is 25.1 Å². The zero-order valence-electron chi connectivity index (χ0n) is 10.8. The summed E-state index contributed by atoms with van der Waals surface area (Å²) in [5.74, 6) is 0.516. The van der Waals surface area contributed by atoms with Gasteiger partial charge in [-0.15, -0.1) is 0 Å². The second-order valence-corrected chi connectivity index (χ2v) is 4.74. The molecule has 6 heteroatoms. The molecule has 21 heavy (non-hydrogen) atoms. The van der Waals surface area contributed by atoms with Gasteiger partial charge in [-0.05, 0) is 48.9 Å². The first-order chi connectivity index (χ1) is 9.81. The number of alkyl halides is 3. The minimum Gasteiger partial charge on any atom is -0.456 e. The molecule has 0 aromatic heterocycles. The number of benzene rings is 2. The third-order valence-corrected chi connectivity index (χ3v) is 3.10. The molecule has 0 atom stereocenters. The van der Waals surface area contributed by atoms with Crippen LogP contribution in [0.3, 0.4) is 0 Å². The fourth-order valence-corrected chi connectivity index (χ4v) is 1.93. The lowest BCUT2D eigenvalue weighted by Gasteiger charge is -2.11. The summed E-state index contributed by atoms with van der Waals surface area (Å²) in [5, 5.41) is 8.70. The molecule has 2 aromatic rings. The highest BCUT2D eigenvalue weighted by Gasteiger charge is 2.31. The molecule has 2 rings (SSSR count). The van der Waals surface area contributed by atoms with Crippen molar-refractivity contribution >= 4 is 11.6 Å². The predicted molar refractivity (Wildman–Crippen MR) is 72.4 cm³/mol. The highest BCUT2D eigenvalue weighted by atomic mass is 35.5. The fraction of sp³-hybridized carbons (Fsp3) is 0.133. The van der Waals surface area contributed by atoms with Crippen LogP contribution in [0.25, 0.3) is 0 Å². The number of hydrogen-bond acceptors (Lipinski definition) is 2. The van der Waals surface area contributed by atoms with Crippen LogP contribution >= 0.6 is 11.6 Å². The Bertz CT molecular complexity index is 720. The van der Waals surface area contributed by atoms with Gasteiger partial charge in [-0.3, -0.25) is 0 Å². The Morgan fingerprint density at radius 1 is 1.14 bits per heavy atom.